The zero-order valence-electron chi connectivity index (χ0n) is 20.2. The summed E-state index contributed by atoms with van der Waals surface area (Å²) in [7, 11) is 3.76. The van der Waals surface area contributed by atoms with Gasteiger partial charge in [0.25, 0.3) is 0 Å². The Morgan fingerprint density at radius 3 is 2.57 bits per heavy atom. The Kier molecular flexibility index (Phi) is 8.19. The number of pyridine rings is 1. The number of benzene rings is 2. The number of likely N-dealkylation sites (N-methyl/N-ethyl adjacent to an activating group) is 1. The summed E-state index contributed by atoms with van der Waals surface area (Å²) in [6.45, 7) is 7.87. The van der Waals surface area contributed by atoms with Crippen molar-refractivity contribution in [2.24, 2.45) is 0 Å². The summed E-state index contributed by atoms with van der Waals surface area (Å²) < 4.78 is 11.7. The standard InChI is InChI=1S/C26H29Cl2N5O2/c1-17-11-23(21(28)13-20(17)27)31-26-18(15-29)16-30-22-14-25(24(34-3)12-19(22)26)35-10-4-5-33-8-6-32(2)7-9-33/h11-14,16H,4-10H2,1-3H3,(H,30,31). The summed E-state index contributed by atoms with van der Waals surface area (Å²) in [6, 6.07) is 9.44. The lowest BCUT2D eigenvalue weighted by Crippen LogP contribution is -2.44. The summed E-state index contributed by atoms with van der Waals surface area (Å²) in [5.41, 5.74) is 3.20. The van der Waals surface area contributed by atoms with E-state index in [0.717, 1.165) is 50.1 Å². The van der Waals surface area contributed by atoms with E-state index in [-0.39, 0.29) is 0 Å². The fourth-order valence-corrected chi connectivity index (χ4v) is 4.55. The van der Waals surface area contributed by atoms with Crippen LogP contribution in [0, 0.1) is 18.3 Å². The van der Waals surface area contributed by atoms with Crippen LogP contribution in [0.5, 0.6) is 11.5 Å². The molecule has 9 heteroatoms. The van der Waals surface area contributed by atoms with E-state index < -0.39 is 0 Å². The zero-order valence-corrected chi connectivity index (χ0v) is 21.7. The normalized spacial score (nSPS) is 14.6. The number of methoxy groups -OCH3 is 1. The maximum absolute atomic E-state index is 9.72. The maximum atomic E-state index is 9.72. The monoisotopic (exact) mass is 513 g/mol. The first-order valence-corrected chi connectivity index (χ1v) is 12.3. The molecule has 0 amide bonds. The summed E-state index contributed by atoms with van der Waals surface area (Å²) in [6.07, 6.45) is 2.47. The molecular formula is C26H29Cl2N5O2. The van der Waals surface area contributed by atoms with Crippen LogP contribution in [0.2, 0.25) is 10.0 Å². The Hall–Kier alpha value is -2.76. The molecule has 1 aliphatic rings. The highest BCUT2D eigenvalue weighted by atomic mass is 35.5. The van der Waals surface area contributed by atoms with E-state index >= 15 is 0 Å². The minimum Gasteiger partial charge on any atom is -0.493 e. The van der Waals surface area contributed by atoms with Crippen LogP contribution < -0.4 is 14.8 Å². The number of hydrogen-bond donors (Lipinski definition) is 1. The molecule has 0 saturated carbocycles. The predicted molar refractivity (Wildman–Crippen MR) is 142 cm³/mol. The van der Waals surface area contributed by atoms with Gasteiger partial charge in [-0.25, -0.2) is 0 Å². The highest BCUT2D eigenvalue weighted by molar-refractivity contribution is 6.37. The SMILES string of the molecule is COc1cc2c(Nc3cc(C)c(Cl)cc3Cl)c(C#N)cnc2cc1OCCCN1CCN(C)CC1. The second-order valence-electron chi connectivity index (χ2n) is 8.73. The minimum atomic E-state index is 0.393. The Bertz CT molecular complexity index is 1250. The molecule has 35 heavy (non-hydrogen) atoms. The van der Waals surface area contributed by atoms with Gasteiger partial charge >= 0.3 is 0 Å². The van der Waals surface area contributed by atoms with Gasteiger partial charge in [-0.1, -0.05) is 23.2 Å². The van der Waals surface area contributed by atoms with Gasteiger partial charge in [0.1, 0.15) is 6.07 Å². The zero-order chi connectivity index (χ0) is 24.9. The largest absolute Gasteiger partial charge is 0.493 e. The van der Waals surface area contributed by atoms with Crippen LogP contribution >= 0.6 is 23.2 Å². The summed E-state index contributed by atoms with van der Waals surface area (Å²) >= 11 is 12.6. The molecule has 7 nitrogen and oxygen atoms in total. The summed E-state index contributed by atoms with van der Waals surface area (Å²) in [4.78, 5) is 9.30. The third-order valence-electron chi connectivity index (χ3n) is 6.25. The quantitative estimate of drug-likeness (QED) is 0.399. The first kappa shape index (κ1) is 25.3. The number of aromatic nitrogens is 1. The second-order valence-corrected chi connectivity index (χ2v) is 9.55. The topological polar surface area (TPSA) is 73.6 Å². The van der Waals surface area contributed by atoms with Crippen molar-refractivity contribution in [3.8, 4) is 17.6 Å². The second kappa shape index (κ2) is 11.3. The van der Waals surface area contributed by atoms with Crippen LogP contribution in [0.15, 0.2) is 30.5 Å². The molecule has 1 aliphatic heterocycles. The van der Waals surface area contributed by atoms with Gasteiger partial charge < -0.3 is 24.6 Å². The van der Waals surface area contributed by atoms with Crippen LogP contribution in [-0.4, -0.2) is 68.3 Å². The van der Waals surface area contributed by atoms with Crippen molar-refractivity contribution in [2.75, 3.05) is 58.8 Å². The number of nitrogens with one attached hydrogen (secondary N) is 1. The molecule has 1 aromatic heterocycles. The van der Waals surface area contributed by atoms with Gasteiger partial charge in [-0.3, -0.25) is 4.98 Å². The molecule has 0 spiro atoms. The van der Waals surface area contributed by atoms with Gasteiger partial charge in [-0.15, -0.1) is 0 Å². The van der Waals surface area contributed by atoms with Crippen molar-refractivity contribution in [3.05, 3.63) is 51.6 Å². The number of rotatable bonds is 8. The predicted octanol–water partition coefficient (Wildman–Crippen LogP) is 5.49. The Labute approximate surface area is 216 Å². The van der Waals surface area contributed by atoms with Crippen molar-refractivity contribution >= 4 is 45.5 Å². The molecule has 0 aliphatic carbocycles. The molecule has 3 aromatic rings. The van der Waals surface area contributed by atoms with E-state index in [4.69, 9.17) is 32.7 Å². The molecule has 0 bridgehead atoms. The summed E-state index contributed by atoms with van der Waals surface area (Å²) in [5, 5.41) is 14.8. The van der Waals surface area contributed by atoms with Gasteiger partial charge in [-0.05, 0) is 44.2 Å². The van der Waals surface area contributed by atoms with E-state index in [9.17, 15) is 5.26 Å². The van der Waals surface area contributed by atoms with Crippen molar-refractivity contribution in [1.82, 2.24) is 14.8 Å². The number of ether oxygens (including phenoxy) is 2. The van der Waals surface area contributed by atoms with Crippen molar-refractivity contribution in [3.63, 3.8) is 0 Å². The molecule has 1 fully saturated rings. The Balaban J connectivity index is 1.56. The summed E-state index contributed by atoms with van der Waals surface area (Å²) in [5.74, 6) is 1.21. The Morgan fingerprint density at radius 2 is 1.86 bits per heavy atom. The van der Waals surface area contributed by atoms with E-state index in [1.807, 2.05) is 25.1 Å². The number of piperazine rings is 1. The lowest BCUT2D eigenvalue weighted by Gasteiger charge is -2.32. The minimum absolute atomic E-state index is 0.393. The fourth-order valence-electron chi connectivity index (χ4n) is 4.12. The molecule has 2 heterocycles. The maximum Gasteiger partial charge on any atom is 0.163 e. The molecular weight excluding hydrogens is 485 g/mol. The van der Waals surface area contributed by atoms with Crippen molar-refractivity contribution in [2.45, 2.75) is 13.3 Å². The van der Waals surface area contributed by atoms with Gasteiger partial charge in [0.15, 0.2) is 11.5 Å². The number of nitriles is 1. The van der Waals surface area contributed by atoms with Crippen LogP contribution in [0.3, 0.4) is 0 Å². The number of anilines is 2. The number of fused-ring (bicyclic) bond motifs is 1. The van der Waals surface area contributed by atoms with E-state index in [1.54, 1.807) is 19.4 Å². The molecule has 4 rings (SSSR count). The smallest absolute Gasteiger partial charge is 0.163 e. The van der Waals surface area contributed by atoms with Crippen molar-refractivity contribution < 1.29 is 9.47 Å². The Morgan fingerprint density at radius 1 is 1.09 bits per heavy atom. The van der Waals surface area contributed by atoms with Crippen LogP contribution in [0.4, 0.5) is 11.4 Å². The molecule has 0 radical (unpaired) electrons. The van der Waals surface area contributed by atoms with Gasteiger partial charge in [0.2, 0.25) is 0 Å². The highest BCUT2D eigenvalue weighted by Gasteiger charge is 2.17. The third kappa shape index (κ3) is 5.91. The molecule has 1 saturated heterocycles. The van der Waals surface area contributed by atoms with Crippen molar-refractivity contribution in [1.29, 1.82) is 5.26 Å². The molecule has 2 aromatic carbocycles. The molecule has 0 atom stereocenters. The first-order valence-electron chi connectivity index (χ1n) is 11.6. The van der Waals surface area contributed by atoms with E-state index in [2.05, 4.69) is 33.2 Å². The van der Waals surface area contributed by atoms with Gasteiger partial charge in [-0.2, -0.15) is 5.26 Å². The number of nitrogens with zero attached hydrogens (tertiary/aromatic N) is 4. The lowest BCUT2D eigenvalue weighted by molar-refractivity contribution is 0.145. The average molecular weight is 514 g/mol. The van der Waals surface area contributed by atoms with Crippen LogP contribution in [-0.2, 0) is 0 Å². The number of halogens is 2. The van der Waals surface area contributed by atoms with Gasteiger partial charge in [0, 0.05) is 55.4 Å². The van der Waals surface area contributed by atoms with E-state index in [0.29, 0.717) is 50.6 Å². The molecule has 1 N–H and O–H groups in total. The first-order chi connectivity index (χ1) is 16.9. The molecule has 184 valence electrons. The van der Waals surface area contributed by atoms with Crippen LogP contribution in [0.25, 0.3) is 10.9 Å². The van der Waals surface area contributed by atoms with Gasteiger partial charge in [0.05, 0.1) is 41.2 Å². The van der Waals surface area contributed by atoms with Crippen LogP contribution in [0.1, 0.15) is 17.5 Å². The third-order valence-corrected chi connectivity index (χ3v) is 6.97. The number of aryl methyl sites for hydroxylation is 1. The highest BCUT2D eigenvalue weighted by Crippen LogP contribution is 2.39. The van der Waals surface area contributed by atoms with E-state index in [1.165, 1.54) is 0 Å². The fraction of sp³-hybridized carbons (Fsp3) is 0.385. The lowest BCUT2D eigenvalue weighted by atomic mass is 10.1. The average Bonchev–Trinajstić information content (AvgIpc) is 2.85. The molecule has 0 unspecified atom stereocenters. The number of hydrogen-bond acceptors (Lipinski definition) is 7.